The zero-order valence-corrected chi connectivity index (χ0v) is 39.4. The number of rotatable bonds is 45. The summed E-state index contributed by atoms with van der Waals surface area (Å²) < 4.78 is 34.1. The van der Waals surface area contributed by atoms with Crippen molar-refractivity contribution in [1.82, 2.24) is 9.62 Å². The van der Waals surface area contributed by atoms with Gasteiger partial charge in [0.2, 0.25) is 0 Å². The third-order valence-corrected chi connectivity index (χ3v) is 12.2. The SMILES string of the molecule is CCCCCCCCC(CC)OC(=O)CCCCCCCN(CCCCCCCC(=O)OC(CCCCCCCC)CCCCCCCC)CCCNS(C)(=N)=O. The first kappa shape index (κ1) is 55.8. The standard InChI is InChI=1S/C48H97N3O5S/c1-6-10-13-16-21-28-36-45(9-4)55-47(52)39-31-24-19-26-33-42-51(44-35-41-50-57(5,49)54)43-34-27-20-25-32-40-48(53)56-46(37-29-22-17-14-11-7-2)38-30-23-18-15-12-8-3/h45-46H,6-44H2,1-5H3,(H2,49,50,54). The number of hydrogen-bond acceptors (Lipinski definition) is 7. The average molecular weight is 828 g/mol. The number of hydrogen-bond donors (Lipinski definition) is 2. The fraction of sp³-hybridized carbons (Fsp3) is 0.958. The fourth-order valence-corrected chi connectivity index (χ4v) is 8.26. The van der Waals surface area contributed by atoms with Crippen LogP contribution in [-0.4, -0.2) is 65.7 Å². The molecule has 0 aliphatic heterocycles. The number of nitrogens with zero attached hydrogens (tertiary/aromatic N) is 1. The maximum Gasteiger partial charge on any atom is 0.306 e. The number of carbonyl (C=O) groups excluding carboxylic acids is 2. The van der Waals surface area contributed by atoms with Gasteiger partial charge < -0.3 is 14.4 Å². The van der Waals surface area contributed by atoms with Crippen molar-refractivity contribution in [3.8, 4) is 0 Å². The molecule has 0 spiro atoms. The van der Waals surface area contributed by atoms with Crippen LogP contribution in [0.2, 0.25) is 0 Å². The van der Waals surface area contributed by atoms with Crippen LogP contribution in [0.1, 0.15) is 252 Å². The number of nitrogens with one attached hydrogen (secondary N) is 2. The van der Waals surface area contributed by atoms with E-state index in [1.165, 1.54) is 115 Å². The predicted molar refractivity (Wildman–Crippen MR) is 245 cm³/mol. The molecule has 57 heavy (non-hydrogen) atoms. The third-order valence-electron chi connectivity index (χ3n) is 11.4. The van der Waals surface area contributed by atoms with E-state index in [0.29, 0.717) is 19.4 Å². The Balaban J connectivity index is 4.40. The van der Waals surface area contributed by atoms with Gasteiger partial charge in [0, 0.05) is 25.6 Å². The van der Waals surface area contributed by atoms with E-state index in [1.807, 2.05) is 0 Å². The zero-order chi connectivity index (χ0) is 42.1. The monoisotopic (exact) mass is 828 g/mol. The van der Waals surface area contributed by atoms with E-state index in [2.05, 4.69) is 37.3 Å². The van der Waals surface area contributed by atoms with Crippen molar-refractivity contribution in [3.05, 3.63) is 0 Å². The van der Waals surface area contributed by atoms with Gasteiger partial charge in [0.1, 0.15) is 22.1 Å². The minimum Gasteiger partial charge on any atom is -0.462 e. The Morgan fingerprint density at radius 2 is 0.825 bits per heavy atom. The van der Waals surface area contributed by atoms with Crippen molar-refractivity contribution in [2.75, 3.05) is 32.4 Å². The highest BCUT2D eigenvalue weighted by atomic mass is 32.2. The van der Waals surface area contributed by atoms with E-state index in [9.17, 15) is 13.8 Å². The molecular weight excluding hydrogens is 731 g/mol. The number of carbonyl (C=O) groups is 2. The highest BCUT2D eigenvalue weighted by Gasteiger charge is 2.15. The molecule has 2 atom stereocenters. The Morgan fingerprint density at radius 1 is 0.491 bits per heavy atom. The van der Waals surface area contributed by atoms with Crippen LogP contribution in [0.4, 0.5) is 0 Å². The van der Waals surface area contributed by atoms with Crippen molar-refractivity contribution >= 4 is 21.9 Å². The maximum atomic E-state index is 12.8. The van der Waals surface area contributed by atoms with Crippen molar-refractivity contribution in [1.29, 1.82) is 4.78 Å². The van der Waals surface area contributed by atoms with Crippen molar-refractivity contribution in [2.24, 2.45) is 0 Å². The molecule has 0 heterocycles. The van der Waals surface area contributed by atoms with Gasteiger partial charge in [-0.25, -0.2) is 13.7 Å². The molecule has 0 aliphatic rings. The van der Waals surface area contributed by atoms with Gasteiger partial charge in [-0.05, 0) is 96.7 Å². The quantitative estimate of drug-likeness (QED) is 0.0467. The lowest BCUT2D eigenvalue weighted by molar-refractivity contribution is -0.150. The highest BCUT2D eigenvalue weighted by molar-refractivity contribution is 7.89. The molecule has 340 valence electrons. The number of esters is 2. The molecule has 0 fully saturated rings. The predicted octanol–water partition coefficient (Wildman–Crippen LogP) is 14.0. The summed E-state index contributed by atoms with van der Waals surface area (Å²) in [5, 5.41) is 0. The number of ether oxygens (including phenoxy) is 2. The summed E-state index contributed by atoms with van der Waals surface area (Å²) in [7, 11) is -2.67. The summed E-state index contributed by atoms with van der Waals surface area (Å²) in [6, 6.07) is 0. The fourth-order valence-electron chi connectivity index (χ4n) is 7.73. The first-order valence-electron chi connectivity index (χ1n) is 24.7. The van der Waals surface area contributed by atoms with Crippen LogP contribution < -0.4 is 4.72 Å². The topological polar surface area (TPSA) is 109 Å². The molecule has 2 N–H and O–H groups in total. The van der Waals surface area contributed by atoms with E-state index in [1.54, 1.807) is 0 Å². The normalized spacial score (nSPS) is 13.3. The molecule has 0 bridgehead atoms. The van der Waals surface area contributed by atoms with Gasteiger partial charge in [-0.15, -0.1) is 0 Å². The molecule has 0 aromatic rings. The Hall–Kier alpha value is -1.19. The molecule has 0 aromatic carbocycles. The van der Waals surface area contributed by atoms with Crippen molar-refractivity contribution in [2.45, 2.75) is 265 Å². The molecule has 0 rings (SSSR count). The Labute approximate surface area is 355 Å². The van der Waals surface area contributed by atoms with Gasteiger partial charge in [0.25, 0.3) is 0 Å². The first-order valence-corrected chi connectivity index (χ1v) is 26.7. The molecule has 0 amide bonds. The lowest BCUT2D eigenvalue weighted by Gasteiger charge is -2.22. The molecule has 0 saturated heterocycles. The molecule has 8 nitrogen and oxygen atoms in total. The molecule has 0 aliphatic carbocycles. The van der Waals surface area contributed by atoms with Crippen LogP contribution in [0.5, 0.6) is 0 Å². The Kier molecular flexibility index (Phi) is 40.7. The van der Waals surface area contributed by atoms with Crippen LogP contribution in [0.25, 0.3) is 0 Å². The van der Waals surface area contributed by atoms with Crippen LogP contribution in [0, 0.1) is 4.78 Å². The van der Waals surface area contributed by atoms with Gasteiger partial charge in [-0.3, -0.25) is 9.59 Å². The third kappa shape index (κ3) is 41.3. The zero-order valence-electron chi connectivity index (χ0n) is 38.6. The molecule has 0 saturated carbocycles. The summed E-state index contributed by atoms with van der Waals surface area (Å²) in [5.74, 6) is -0.0215. The number of unbranched alkanes of at least 4 members (excludes halogenated alkanes) is 23. The van der Waals surface area contributed by atoms with Crippen LogP contribution in [-0.2, 0) is 29.0 Å². The molecule has 2 unspecified atom stereocenters. The van der Waals surface area contributed by atoms with E-state index < -0.39 is 9.92 Å². The molecule has 0 aromatic heterocycles. The maximum absolute atomic E-state index is 12.8. The van der Waals surface area contributed by atoms with Crippen molar-refractivity contribution in [3.63, 3.8) is 0 Å². The second-order valence-electron chi connectivity index (χ2n) is 17.3. The minimum atomic E-state index is -2.67. The minimum absolute atomic E-state index is 0.00399. The lowest BCUT2D eigenvalue weighted by atomic mass is 10.0. The second kappa shape index (κ2) is 41.5. The largest absolute Gasteiger partial charge is 0.462 e. The summed E-state index contributed by atoms with van der Waals surface area (Å²) in [6.07, 6.45) is 41.2. The van der Waals surface area contributed by atoms with E-state index in [-0.39, 0.29) is 24.1 Å². The van der Waals surface area contributed by atoms with Gasteiger partial charge in [0.15, 0.2) is 0 Å². The summed E-state index contributed by atoms with van der Waals surface area (Å²) in [5.41, 5.74) is 0. The molecular formula is C48H97N3O5S. The van der Waals surface area contributed by atoms with E-state index in [4.69, 9.17) is 14.3 Å². The van der Waals surface area contributed by atoms with E-state index >= 15 is 0 Å². The van der Waals surface area contributed by atoms with Gasteiger partial charge in [-0.1, -0.05) is 163 Å². The lowest BCUT2D eigenvalue weighted by Crippen LogP contribution is -2.30. The molecule has 9 heteroatoms. The van der Waals surface area contributed by atoms with Crippen molar-refractivity contribution < 1.29 is 23.3 Å². The Bertz CT molecular complexity index is 979. The van der Waals surface area contributed by atoms with E-state index in [0.717, 1.165) is 122 Å². The van der Waals surface area contributed by atoms with Crippen LogP contribution in [0.15, 0.2) is 0 Å². The smallest absolute Gasteiger partial charge is 0.306 e. The van der Waals surface area contributed by atoms with Crippen LogP contribution in [0.3, 0.4) is 0 Å². The van der Waals surface area contributed by atoms with Gasteiger partial charge in [0.05, 0.1) is 0 Å². The van der Waals surface area contributed by atoms with Gasteiger partial charge >= 0.3 is 11.9 Å². The summed E-state index contributed by atoms with van der Waals surface area (Å²) in [6.45, 7) is 12.5. The highest BCUT2D eigenvalue weighted by Crippen LogP contribution is 2.19. The second-order valence-corrected chi connectivity index (χ2v) is 19.2. The van der Waals surface area contributed by atoms with Crippen LogP contribution >= 0.6 is 0 Å². The first-order chi connectivity index (χ1) is 27.6. The summed E-state index contributed by atoms with van der Waals surface area (Å²) in [4.78, 5) is 27.8. The molecule has 0 radical (unpaired) electrons. The average Bonchev–Trinajstić information content (AvgIpc) is 3.18. The Morgan fingerprint density at radius 3 is 1.23 bits per heavy atom. The van der Waals surface area contributed by atoms with Gasteiger partial charge in [-0.2, -0.15) is 0 Å². The summed E-state index contributed by atoms with van der Waals surface area (Å²) >= 11 is 0.